The molecular weight excluding hydrogens is 424 g/mol. The van der Waals surface area contributed by atoms with Crippen LogP contribution >= 0.6 is 23.5 Å². The van der Waals surface area contributed by atoms with E-state index >= 15 is 0 Å². The summed E-state index contributed by atoms with van der Waals surface area (Å²) >= 11 is 2.61. The molecule has 3 aromatic carbocycles. The predicted octanol–water partition coefficient (Wildman–Crippen LogP) is 3.98. The number of amidine groups is 1. The maximum absolute atomic E-state index is 11.8. The van der Waals surface area contributed by atoms with Gasteiger partial charge in [-0.05, 0) is 46.3 Å². The van der Waals surface area contributed by atoms with Gasteiger partial charge in [-0.2, -0.15) is 0 Å². The third kappa shape index (κ3) is 3.55. The van der Waals surface area contributed by atoms with Crippen LogP contribution in [-0.2, 0) is 10.0 Å². The van der Waals surface area contributed by atoms with Crippen molar-refractivity contribution in [2.75, 3.05) is 0 Å². The molecule has 6 nitrogen and oxygen atoms in total. The van der Waals surface area contributed by atoms with Gasteiger partial charge in [0, 0.05) is 4.90 Å². The number of nitrogens with zero attached hydrogens (tertiary/aromatic N) is 3. The predicted molar refractivity (Wildman–Crippen MR) is 120 cm³/mol. The van der Waals surface area contributed by atoms with E-state index in [9.17, 15) is 8.42 Å². The van der Waals surface area contributed by atoms with Crippen LogP contribution in [0.2, 0.25) is 0 Å². The minimum Gasteiger partial charge on any atom is -0.249 e. The first-order valence-corrected chi connectivity index (χ1v) is 12.1. The van der Waals surface area contributed by atoms with Crippen molar-refractivity contribution in [3.05, 3.63) is 78.4 Å². The van der Waals surface area contributed by atoms with E-state index in [0.29, 0.717) is 5.17 Å². The van der Waals surface area contributed by atoms with E-state index in [4.69, 9.17) is 10.1 Å². The van der Waals surface area contributed by atoms with Crippen LogP contribution in [0.4, 0.5) is 0 Å². The maximum Gasteiger partial charge on any atom is 0.264 e. The van der Waals surface area contributed by atoms with Gasteiger partial charge in [-0.3, -0.25) is 0 Å². The zero-order valence-corrected chi connectivity index (χ0v) is 17.5. The van der Waals surface area contributed by atoms with Gasteiger partial charge in [0.25, 0.3) is 10.0 Å². The van der Waals surface area contributed by atoms with Gasteiger partial charge in [-0.1, -0.05) is 66.4 Å². The number of rotatable bonds is 3. The Bertz CT molecular complexity index is 1260. The number of hydrogen-bond donors (Lipinski definition) is 1. The highest BCUT2D eigenvalue weighted by molar-refractivity contribution is 8.42. The van der Waals surface area contributed by atoms with E-state index in [1.54, 1.807) is 16.8 Å². The van der Waals surface area contributed by atoms with Gasteiger partial charge >= 0.3 is 0 Å². The summed E-state index contributed by atoms with van der Waals surface area (Å²) in [5.41, 5.74) is 1.06. The molecule has 0 radical (unpaired) electrons. The quantitative estimate of drug-likeness (QED) is 0.666. The Hall–Kier alpha value is -2.33. The normalized spacial score (nSPS) is 21.2. The number of sulfonamides is 1. The number of thioether (sulfide) groups is 2. The molecule has 0 saturated heterocycles. The van der Waals surface area contributed by atoms with E-state index in [-0.39, 0.29) is 15.8 Å². The Morgan fingerprint density at radius 3 is 2.45 bits per heavy atom. The summed E-state index contributed by atoms with van der Waals surface area (Å²) < 4.78 is 23.4. The first-order valence-electron chi connectivity index (χ1n) is 8.86. The second-order valence-corrected chi connectivity index (χ2v) is 10.5. The smallest absolute Gasteiger partial charge is 0.249 e. The maximum atomic E-state index is 11.8. The Morgan fingerprint density at radius 1 is 0.966 bits per heavy atom. The highest BCUT2D eigenvalue weighted by atomic mass is 32.3. The summed E-state index contributed by atoms with van der Waals surface area (Å²) in [6.45, 7) is 0. The Balaban J connectivity index is 1.55. The van der Waals surface area contributed by atoms with Gasteiger partial charge in [0.1, 0.15) is 11.4 Å². The number of hydrazone groups is 1. The molecule has 2 aliphatic rings. The first-order chi connectivity index (χ1) is 14.0. The summed E-state index contributed by atoms with van der Waals surface area (Å²) in [5.74, 6) is 0. The van der Waals surface area contributed by atoms with Crippen molar-refractivity contribution < 1.29 is 8.42 Å². The van der Waals surface area contributed by atoms with Crippen LogP contribution in [0.25, 0.3) is 10.8 Å². The van der Waals surface area contributed by atoms with E-state index in [0.717, 1.165) is 27.6 Å². The SMILES string of the molecule is NS(=O)(=O)C1=NN2C(=NC(c3ccc4ccccc4c3)C2Sc2ccccc2)S1. The molecule has 9 heteroatoms. The van der Waals surface area contributed by atoms with Gasteiger partial charge in [0.15, 0.2) is 5.17 Å². The van der Waals surface area contributed by atoms with Crippen molar-refractivity contribution in [2.45, 2.75) is 16.3 Å². The van der Waals surface area contributed by atoms with Gasteiger partial charge in [-0.15, -0.1) is 5.10 Å². The van der Waals surface area contributed by atoms with Crippen molar-refractivity contribution in [3.63, 3.8) is 0 Å². The van der Waals surface area contributed by atoms with Crippen LogP contribution in [0.3, 0.4) is 0 Å². The van der Waals surface area contributed by atoms with Crippen LogP contribution in [0.5, 0.6) is 0 Å². The zero-order chi connectivity index (χ0) is 20.0. The van der Waals surface area contributed by atoms with Gasteiger partial charge in [-0.25, -0.2) is 23.6 Å². The van der Waals surface area contributed by atoms with Crippen LogP contribution in [-0.4, -0.2) is 28.3 Å². The standard InChI is InChI=1S/C20H16N4O2S3/c21-29(25,26)20-23-24-18(27-16-8-2-1-3-9-16)17(22-19(24)28-20)15-11-10-13-6-4-5-7-14(13)12-15/h1-12,17-18H,(H2,21,25,26). The number of hydrogen-bond acceptors (Lipinski definition) is 7. The topological polar surface area (TPSA) is 88.1 Å². The minimum absolute atomic E-state index is 0.119. The minimum atomic E-state index is -3.87. The fourth-order valence-electron chi connectivity index (χ4n) is 3.34. The molecule has 0 saturated carbocycles. The molecule has 29 heavy (non-hydrogen) atoms. The van der Waals surface area contributed by atoms with Crippen molar-refractivity contribution >= 4 is 53.9 Å². The summed E-state index contributed by atoms with van der Waals surface area (Å²) in [5, 5.41) is 13.9. The lowest BCUT2D eigenvalue weighted by molar-refractivity contribution is 0.426. The van der Waals surface area contributed by atoms with Crippen LogP contribution in [0.1, 0.15) is 11.6 Å². The van der Waals surface area contributed by atoms with Gasteiger partial charge < -0.3 is 0 Å². The molecule has 0 amide bonds. The Morgan fingerprint density at radius 2 is 1.69 bits per heavy atom. The molecule has 2 aliphatic heterocycles. The second kappa shape index (κ2) is 7.17. The van der Waals surface area contributed by atoms with Crippen LogP contribution in [0.15, 0.2) is 87.8 Å². The Kier molecular flexibility index (Phi) is 4.62. The van der Waals surface area contributed by atoms with Crippen LogP contribution < -0.4 is 5.14 Å². The third-order valence-electron chi connectivity index (χ3n) is 4.68. The van der Waals surface area contributed by atoms with E-state index < -0.39 is 10.0 Å². The fraction of sp³-hybridized carbons (Fsp3) is 0.100. The zero-order valence-electron chi connectivity index (χ0n) is 15.0. The molecule has 5 rings (SSSR count). The molecule has 0 fully saturated rings. The second-order valence-electron chi connectivity index (χ2n) is 6.64. The lowest BCUT2D eigenvalue weighted by Gasteiger charge is -2.23. The third-order valence-corrected chi connectivity index (χ3v) is 8.17. The molecular formula is C20H16N4O2S3. The molecule has 2 N–H and O–H groups in total. The molecule has 2 unspecified atom stereocenters. The highest BCUT2D eigenvalue weighted by Crippen LogP contribution is 2.46. The summed E-state index contributed by atoms with van der Waals surface area (Å²) in [6.07, 6.45) is 0. The van der Waals surface area contributed by atoms with E-state index in [1.165, 1.54) is 5.39 Å². The highest BCUT2D eigenvalue weighted by Gasteiger charge is 2.44. The lowest BCUT2D eigenvalue weighted by Crippen LogP contribution is -2.27. The largest absolute Gasteiger partial charge is 0.264 e. The number of aliphatic imine (C=N–C) groups is 1. The Labute approximate surface area is 176 Å². The number of fused-ring (bicyclic) bond motifs is 2. The van der Waals surface area contributed by atoms with Gasteiger partial charge in [0.05, 0.1) is 0 Å². The summed E-state index contributed by atoms with van der Waals surface area (Å²) in [7, 11) is -3.87. The van der Waals surface area contributed by atoms with Crippen LogP contribution in [0, 0.1) is 0 Å². The molecule has 0 aromatic heterocycles. The molecule has 0 aliphatic carbocycles. The van der Waals surface area contributed by atoms with Crippen molar-refractivity contribution in [3.8, 4) is 0 Å². The molecule has 3 aromatic rings. The number of nitrogens with two attached hydrogens (primary N) is 1. The molecule has 2 atom stereocenters. The van der Waals surface area contributed by atoms with Crippen molar-refractivity contribution in [1.29, 1.82) is 0 Å². The molecule has 0 bridgehead atoms. The lowest BCUT2D eigenvalue weighted by atomic mass is 10.0. The summed E-state index contributed by atoms with van der Waals surface area (Å²) in [6, 6.07) is 24.3. The van der Waals surface area contributed by atoms with Crippen molar-refractivity contribution in [1.82, 2.24) is 5.01 Å². The van der Waals surface area contributed by atoms with E-state index in [2.05, 4.69) is 35.4 Å². The van der Waals surface area contributed by atoms with Crippen molar-refractivity contribution in [2.24, 2.45) is 15.2 Å². The first kappa shape index (κ1) is 18.7. The molecule has 146 valence electrons. The average Bonchev–Trinajstić information content (AvgIpc) is 3.28. The fourth-order valence-corrected chi connectivity index (χ4v) is 6.19. The molecule has 2 heterocycles. The monoisotopic (exact) mass is 440 g/mol. The average molecular weight is 441 g/mol. The number of benzene rings is 3. The summed E-state index contributed by atoms with van der Waals surface area (Å²) in [4.78, 5) is 5.88. The molecule has 0 spiro atoms. The van der Waals surface area contributed by atoms with Gasteiger partial charge in [0.2, 0.25) is 4.38 Å². The number of primary sulfonamides is 1. The van der Waals surface area contributed by atoms with E-state index in [1.807, 2.05) is 42.5 Å².